The molecule has 0 fully saturated rings. The summed E-state index contributed by atoms with van der Waals surface area (Å²) in [4.78, 5) is 0. The lowest BCUT2D eigenvalue weighted by Gasteiger charge is -2.15. The van der Waals surface area contributed by atoms with Crippen molar-refractivity contribution in [3.63, 3.8) is 0 Å². The molecule has 0 saturated carbocycles. The second-order valence-corrected chi connectivity index (χ2v) is 6.05. The van der Waals surface area contributed by atoms with Crippen LogP contribution in [0.2, 0.25) is 0 Å². The number of methoxy groups -OCH3 is 1. The zero-order chi connectivity index (χ0) is 15.5. The molecule has 22 heavy (non-hydrogen) atoms. The van der Waals surface area contributed by atoms with Crippen LogP contribution in [0, 0.1) is 0 Å². The minimum atomic E-state index is -0.539. The molecule has 3 rings (SSSR count). The number of hydrogen-bond donors (Lipinski definition) is 1. The van der Waals surface area contributed by atoms with Crippen LogP contribution < -0.4 is 4.74 Å². The van der Waals surface area contributed by atoms with Gasteiger partial charge in [-0.15, -0.1) is 0 Å². The smallest absolute Gasteiger partial charge is 0.119 e. The highest BCUT2D eigenvalue weighted by atomic mass is 79.9. The van der Waals surface area contributed by atoms with E-state index in [0.717, 1.165) is 32.1 Å². The molecule has 0 spiro atoms. The number of rotatable bonds is 4. The second kappa shape index (κ2) is 6.51. The summed E-state index contributed by atoms with van der Waals surface area (Å²) in [7, 11) is 1.66. The molecule has 0 amide bonds. The Kier molecular flexibility index (Phi) is 4.46. The normalized spacial score (nSPS) is 12.3. The van der Waals surface area contributed by atoms with E-state index in [1.807, 2.05) is 60.7 Å². The van der Waals surface area contributed by atoms with Crippen LogP contribution in [-0.2, 0) is 6.42 Å². The van der Waals surface area contributed by atoms with Gasteiger partial charge in [-0.3, -0.25) is 0 Å². The van der Waals surface area contributed by atoms with Crippen LogP contribution in [0.4, 0.5) is 0 Å². The molecule has 0 radical (unpaired) electrons. The summed E-state index contributed by atoms with van der Waals surface area (Å²) in [6, 6.07) is 19.9. The molecular formula is C19H17BrO2. The van der Waals surface area contributed by atoms with Crippen molar-refractivity contribution >= 4 is 26.7 Å². The number of fused-ring (bicyclic) bond motifs is 1. The van der Waals surface area contributed by atoms with Crippen molar-refractivity contribution in [1.29, 1.82) is 0 Å². The summed E-state index contributed by atoms with van der Waals surface area (Å²) < 4.78 is 6.19. The topological polar surface area (TPSA) is 29.5 Å². The molecule has 2 nitrogen and oxygen atoms in total. The van der Waals surface area contributed by atoms with Gasteiger partial charge in [-0.1, -0.05) is 42.5 Å². The third kappa shape index (κ3) is 3.01. The van der Waals surface area contributed by atoms with Crippen molar-refractivity contribution in [2.75, 3.05) is 7.11 Å². The molecule has 3 aromatic carbocycles. The van der Waals surface area contributed by atoms with Crippen molar-refractivity contribution in [2.24, 2.45) is 0 Å². The van der Waals surface area contributed by atoms with Crippen molar-refractivity contribution in [3.8, 4) is 5.75 Å². The molecule has 1 unspecified atom stereocenters. The van der Waals surface area contributed by atoms with Gasteiger partial charge >= 0.3 is 0 Å². The summed E-state index contributed by atoms with van der Waals surface area (Å²) in [6.45, 7) is 0. The maximum atomic E-state index is 10.6. The van der Waals surface area contributed by atoms with Gasteiger partial charge in [0, 0.05) is 10.9 Å². The van der Waals surface area contributed by atoms with Crippen LogP contribution in [0.15, 0.2) is 65.1 Å². The molecule has 0 aliphatic heterocycles. The van der Waals surface area contributed by atoms with Crippen LogP contribution in [-0.4, -0.2) is 12.2 Å². The molecular weight excluding hydrogens is 340 g/mol. The number of ether oxygens (including phenoxy) is 1. The lowest BCUT2D eigenvalue weighted by Crippen LogP contribution is -2.03. The maximum Gasteiger partial charge on any atom is 0.119 e. The van der Waals surface area contributed by atoms with Gasteiger partial charge in [0.1, 0.15) is 5.75 Å². The Morgan fingerprint density at radius 3 is 2.55 bits per heavy atom. The highest BCUT2D eigenvalue weighted by molar-refractivity contribution is 9.10. The molecule has 112 valence electrons. The Bertz CT molecular complexity index is 784. The lowest BCUT2D eigenvalue weighted by molar-refractivity contribution is 0.178. The van der Waals surface area contributed by atoms with Gasteiger partial charge in [0.15, 0.2) is 0 Å². The van der Waals surface area contributed by atoms with Gasteiger partial charge in [-0.2, -0.15) is 0 Å². The van der Waals surface area contributed by atoms with E-state index in [-0.39, 0.29) is 0 Å². The van der Waals surface area contributed by atoms with E-state index in [1.54, 1.807) is 7.11 Å². The van der Waals surface area contributed by atoms with E-state index in [4.69, 9.17) is 4.74 Å². The average molecular weight is 357 g/mol. The third-order valence-corrected chi connectivity index (χ3v) is 4.71. The molecule has 0 aliphatic carbocycles. The van der Waals surface area contributed by atoms with Gasteiger partial charge < -0.3 is 9.84 Å². The first-order valence-corrected chi connectivity index (χ1v) is 7.96. The Morgan fingerprint density at radius 1 is 1.05 bits per heavy atom. The van der Waals surface area contributed by atoms with Gasteiger partial charge in [0.05, 0.1) is 13.2 Å². The molecule has 0 bridgehead atoms. The first-order valence-electron chi connectivity index (χ1n) is 7.17. The third-order valence-electron chi connectivity index (χ3n) is 3.82. The van der Waals surface area contributed by atoms with E-state index >= 15 is 0 Å². The Balaban J connectivity index is 1.95. The summed E-state index contributed by atoms with van der Waals surface area (Å²) in [5, 5.41) is 12.7. The number of hydrogen-bond acceptors (Lipinski definition) is 2. The van der Waals surface area contributed by atoms with Gasteiger partial charge in [-0.25, -0.2) is 0 Å². The molecule has 3 aromatic rings. The largest absolute Gasteiger partial charge is 0.497 e. The molecule has 0 aromatic heterocycles. The standard InChI is InChI=1S/C19H17BrO2/c1-22-15-8-10-16-14(12-15)7-9-17(19(16)20)18(21)11-13-5-3-2-4-6-13/h2-10,12,18,21H,11H2,1H3. The fourth-order valence-corrected chi connectivity index (χ4v) is 3.38. The maximum absolute atomic E-state index is 10.6. The predicted octanol–water partition coefficient (Wildman–Crippen LogP) is 4.89. The molecule has 1 atom stereocenters. The summed E-state index contributed by atoms with van der Waals surface area (Å²) in [5.74, 6) is 0.831. The zero-order valence-electron chi connectivity index (χ0n) is 12.3. The van der Waals surface area contributed by atoms with Crippen molar-refractivity contribution in [1.82, 2.24) is 0 Å². The van der Waals surface area contributed by atoms with E-state index in [0.29, 0.717) is 6.42 Å². The fraction of sp³-hybridized carbons (Fsp3) is 0.158. The highest BCUT2D eigenvalue weighted by Gasteiger charge is 2.14. The average Bonchev–Trinajstić information content (AvgIpc) is 2.55. The van der Waals surface area contributed by atoms with Crippen molar-refractivity contribution < 1.29 is 9.84 Å². The first-order chi connectivity index (χ1) is 10.7. The monoisotopic (exact) mass is 356 g/mol. The van der Waals surface area contributed by atoms with Gasteiger partial charge in [0.2, 0.25) is 0 Å². The van der Waals surface area contributed by atoms with E-state index in [2.05, 4.69) is 15.9 Å². The van der Waals surface area contributed by atoms with E-state index in [1.165, 1.54) is 0 Å². The van der Waals surface area contributed by atoms with Crippen LogP contribution in [0.3, 0.4) is 0 Å². The predicted molar refractivity (Wildman–Crippen MR) is 93.3 cm³/mol. The Hall–Kier alpha value is -1.84. The van der Waals surface area contributed by atoms with Crippen LogP contribution in [0.25, 0.3) is 10.8 Å². The van der Waals surface area contributed by atoms with Gasteiger partial charge in [-0.05, 0) is 56.0 Å². The number of benzene rings is 3. The quantitative estimate of drug-likeness (QED) is 0.721. The minimum absolute atomic E-state index is 0.539. The summed E-state index contributed by atoms with van der Waals surface area (Å²) >= 11 is 3.64. The Labute approximate surface area is 138 Å². The van der Waals surface area contributed by atoms with E-state index in [9.17, 15) is 5.11 Å². The molecule has 0 heterocycles. The lowest BCUT2D eigenvalue weighted by atomic mass is 9.98. The number of halogens is 1. The van der Waals surface area contributed by atoms with Crippen molar-refractivity contribution in [3.05, 3.63) is 76.3 Å². The SMILES string of the molecule is COc1ccc2c(Br)c(C(O)Cc3ccccc3)ccc2c1. The summed E-state index contributed by atoms with van der Waals surface area (Å²) in [6.07, 6.45) is 0.0597. The second-order valence-electron chi connectivity index (χ2n) is 5.26. The first kappa shape index (κ1) is 15.1. The van der Waals surface area contributed by atoms with Crippen molar-refractivity contribution in [2.45, 2.75) is 12.5 Å². The van der Waals surface area contributed by atoms with Crippen LogP contribution in [0.5, 0.6) is 5.75 Å². The highest BCUT2D eigenvalue weighted by Crippen LogP contribution is 2.34. The fourth-order valence-electron chi connectivity index (χ4n) is 2.62. The molecule has 1 N–H and O–H groups in total. The minimum Gasteiger partial charge on any atom is -0.497 e. The number of aliphatic hydroxyl groups is 1. The number of aliphatic hydroxyl groups excluding tert-OH is 1. The van der Waals surface area contributed by atoms with Gasteiger partial charge in [0.25, 0.3) is 0 Å². The molecule has 3 heteroatoms. The Morgan fingerprint density at radius 2 is 1.82 bits per heavy atom. The zero-order valence-corrected chi connectivity index (χ0v) is 13.9. The summed E-state index contributed by atoms with van der Waals surface area (Å²) in [5.41, 5.74) is 2.03. The van der Waals surface area contributed by atoms with Crippen LogP contribution in [0.1, 0.15) is 17.2 Å². The molecule has 0 saturated heterocycles. The van der Waals surface area contributed by atoms with E-state index < -0.39 is 6.10 Å². The molecule has 0 aliphatic rings. The van der Waals surface area contributed by atoms with Crippen LogP contribution >= 0.6 is 15.9 Å².